The van der Waals surface area contributed by atoms with Gasteiger partial charge in [0.25, 0.3) is 5.91 Å². The zero-order valence-electron chi connectivity index (χ0n) is 28.3. The first-order valence-electron chi connectivity index (χ1n) is 16.5. The molecular formula is C40H38N4O5S2. The molecule has 0 bridgehead atoms. The minimum atomic E-state index is -1.03. The van der Waals surface area contributed by atoms with Crippen LogP contribution in [0.4, 0.5) is 0 Å². The minimum absolute atomic E-state index is 0.0405. The van der Waals surface area contributed by atoms with Crippen molar-refractivity contribution < 1.29 is 14.7 Å². The summed E-state index contributed by atoms with van der Waals surface area (Å²) in [5, 5.41) is 16.4. The van der Waals surface area contributed by atoms with Gasteiger partial charge in [0.05, 0.1) is 23.2 Å². The molecule has 9 nitrogen and oxygen atoms in total. The normalized spacial score (nSPS) is 16.0. The van der Waals surface area contributed by atoms with Crippen LogP contribution in [0.3, 0.4) is 0 Å². The van der Waals surface area contributed by atoms with E-state index in [4.69, 9.17) is 5.11 Å². The Morgan fingerprint density at radius 1 is 0.686 bits per heavy atom. The molecule has 0 aliphatic carbocycles. The number of aromatic nitrogens is 2. The van der Waals surface area contributed by atoms with Gasteiger partial charge in [-0.05, 0) is 70.1 Å². The summed E-state index contributed by atoms with van der Waals surface area (Å²) in [6.07, 6.45) is 4.95. The van der Waals surface area contributed by atoms with E-state index in [1.54, 1.807) is 35.5 Å². The van der Waals surface area contributed by atoms with E-state index in [9.17, 15) is 19.2 Å². The number of amides is 1. The Morgan fingerprint density at radius 3 is 1.84 bits per heavy atom. The number of carboxylic acid groups (broad SMARTS) is 1. The molecule has 0 fully saturated rings. The van der Waals surface area contributed by atoms with Crippen LogP contribution in [0, 0.1) is 0 Å². The second kappa shape index (κ2) is 16.1. The highest BCUT2D eigenvalue weighted by molar-refractivity contribution is 7.10. The van der Waals surface area contributed by atoms with Crippen molar-refractivity contribution in [3.05, 3.63) is 184 Å². The van der Waals surface area contributed by atoms with E-state index in [-0.39, 0.29) is 28.6 Å². The van der Waals surface area contributed by atoms with Gasteiger partial charge < -0.3 is 24.5 Å². The largest absolute Gasteiger partial charge is 0.478 e. The number of hydrogen-bond acceptors (Lipinski definition) is 7. The first-order chi connectivity index (χ1) is 24.7. The number of thiophene rings is 2. The summed E-state index contributed by atoms with van der Waals surface area (Å²) in [5.41, 5.74) is 5.49. The van der Waals surface area contributed by atoms with Gasteiger partial charge in [0.1, 0.15) is 0 Å². The molecule has 51 heavy (non-hydrogen) atoms. The molecule has 6 heterocycles. The fraction of sp³-hybridized carbons (Fsp3) is 0.200. The van der Waals surface area contributed by atoms with Crippen molar-refractivity contribution in [3.8, 4) is 0 Å². The Morgan fingerprint density at radius 2 is 1.24 bits per heavy atom. The molecule has 2 atom stereocenters. The standard InChI is InChI=1S/C20H18N2O2S.C13H13NS.C7H7NO3/c1-21-13-15(7-8-18(21)23)20(24)22-11-9-17-16(10-12-25-17)19(22)14-5-3-2-4-6-14;1-2-4-10(5-3-1)13-11-7-9-15-12(11)6-8-14-13;1-8-4-5(7(10)11)2-3-6(8)9/h2-8,10,12-13,19H,9,11H2,1H3;1-5,7,9,13-14H,6,8H2;2-4H,1H3,(H,10,11). The molecule has 2 aliphatic heterocycles. The van der Waals surface area contributed by atoms with Crippen LogP contribution in [0.15, 0.2) is 130 Å². The molecule has 0 saturated carbocycles. The summed E-state index contributed by atoms with van der Waals surface area (Å²) in [5.74, 6) is -1.07. The van der Waals surface area contributed by atoms with Crippen LogP contribution < -0.4 is 16.4 Å². The van der Waals surface area contributed by atoms with Gasteiger partial charge >= 0.3 is 5.97 Å². The number of pyridine rings is 2. The lowest BCUT2D eigenvalue weighted by Crippen LogP contribution is -2.40. The van der Waals surface area contributed by atoms with Crippen LogP contribution in [-0.4, -0.2) is 44.1 Å². The highest BCUT2D eigenvalue weighted by Crippen LogP contribution is 2.38. The van der Waals surface area contributed by atoms with Crippen molar-refractivity contribution in [3.63, 3.8) is 0 Å². The number of nitrogens with one attached hydrogen (secondary N) is 1. The van der Waals surface area contributed by atoms with Crippen LogP contribution >= 0.6 is 22.7 Å². The van der Waals surface area contributed by atoms with Gasteiger partial charge in [-0.2, -0.15) is 0 Å². The monoisotopic (exact) mass is 718 g/mol. The lowest BCUT2D eigenvalue weighted by atomic mass is 9.92. The quantitative estimate of drug-likeness (QED) is 0.221. The van der Waals surface area contributed by atoms with Crippen molar-refractivity contribution in [2.45, 2.75) is 24.9 Å². The topological polar surface area (TPSA) is 114 Å². The Hall–Kier alpha value is -5.36. The third-order valence-electron chi connectivity index (χ3n) is 8.93. The predicted molar refractivity (Wildman–Crippen MR) is 202 cm³/mol. The molecule has 0 radical (unpaired) electrons. The van der Waals surface area contributed by atoms with E-state index < -0.39 is 5.97 Å². The van der Waals surface area contributed by atoms with Gasteiger partial charge in [0, 0.05) is 61.5 Å². The number of carboxylic acids is 1. The predicted octanol–water partition coefficient (Wildman–Crippen LogP) is 6.30. The number of carbonyl (C=O) groups excluding carboxylic acids is 1. The number of aromatic carboxylic acids is 1. The Bertz CT molecular complexity index is 2240. The van der Waals surface area contributed by atoms with Gasteiger partial charge in [-0.15, -0.1) is 22.7 Å². The molecule has 4 aromatic heterocycles. The maximum atomic E-state index is 13.2. The van der Waals surface area contributed by atoms with Crippen LogP contribution in [0.5, 0.6) is 0 Å². The number of fused-ring (bicyclic) bond motifs is 2. The van der Waals surface area contributed by atoms with E-state index in [0.29, 0.717) is 18.2 Å². The van der Waals surface area contributed by atoms with E-state index in [2.05, 4.69) is 70.7 Å². The fourth-order valence-corrected chi connectivity index (χ4v) is 8.16. The van der Waals surface area contributed by atoms with E-state index in [0.717, 1.165) is 18.5 Å². The third-order valence-corrected chi connectivity index (χ3v) is 10.9. The highest BCUT2D eigenvalue weighted by atomic mass is 32.1. The van der Waals surface area contributed by atoms with Gasteiger partial charge in [0.2, 0.25) is 11.1 Å². The lowest BCUT2D eigenvalue weighted by Gasteiger charge is -2.36. The molecule has 0 spiro atoms. The fourth-order valence-electron chi connectivity index (χ4n) is 6.33. The molecule has 6 aromatic rings. The number of carbonyl (C=O) groups is 2. The molecule has 2 unspecified atom stereocenters. The summed E-state index contributed by atoms with van der Waals surface area (Å²) in [6, 6.07) is 31.1. The average Bonchev–Trinajstić information content (AvgIpc) is 3.85. The second-order valence-electron chi connectivity index (χ2n) is 12.2. The maximum Gasteiger partial charge on any atom is 0.337 e. The highest BCUT2D eigenvalue weighted by Gasteiger charge is 2.33. The molecule has 2 aliphatic rings. The maximum absolute atomic E-state index is 13.2. The van der Waals surface area contributed by atoms with Crippen LogP contribution in [-0.2, 0) is 26.9 Å². The number of benzene rings is 2. The van der Waals surface area contributed by atoms with Crippen molar-refractivity contribution in [2.75, 3.05) is 13.1 Å². The molecule has 11 heteroatoms. The molecular weight excluding hydrogens is 681 g/mol. The third kappa shape index (κ3) is 8.18. The first kappa shape index (κ1) is 35.5. The summed E-state index contributed by atoms with van der Waals surface area (Å²) in [4.78, 5) is 50.7. The van der Waals surface area contributed by atoms with Crippen molar-refractivity contribution in [1.82, 2.24) is 19.4 Å². The van der Waals surface area contributed by atoms with Crippen molar-refractivity contribution >= 4 is 34.6 Å². The molecule has 2 N–H and O–H groups in total. The number of hydrogen-bond donors (Lipinski definition) is 2. The molecule has 1 amide bonds. The summed E-state index contributed by atoms with van der Waals surface area (Å²) in [6.45, 7) is 1.77. The van der Waals surface area contributed by atoms with Crippen LogP contribution in [0.2, 0.25) is 0 Å². The van der Waals surface area contributed by atoms with Crippen LogP contribution in [0.1, 0.15) is 64.8 Å². The smallest absolute Gasteiger partial charge is 0.337 e. The van der Waals surface area contributed by atoms with Gasteiger partial charge in [-0.3, -0.25) is 14.4 Å². The molecule has 0 saturated heterocycles. The summed E-state index contributed by atoms with van der Waals surface area (Å²) < 4.78 is 2.67. The van der Waals surface area contributed by atoms with Gasteiger partial charge in [-0.1, -0.05) is 60.7 Å². The molecule has 2 aromatic carbocycles. The number of nitrogens with zero attached hydrogens (tertiary/aromatic N) is 3. The Balaban J connectivity index is 0.000000146. The average molecular weight is 719 g/mol. The molecule has 8 rings (SSSR count). The molecule has 260 valence electrons. The Kier molecular flexibility index (Phi) is 11.2. The summed E-state index contributed by atoms with van der Waals surface area (Å²) >= 11 is 3.64. The zero-order chi connectivity index (χ0) is 35.9. The zero-order valence-corrected chi connectivity index (χ0v) is 29.9. The Labute approximate surface area is 303 Å². The van der Waals surface area contributed by atoms with Gasteiger partial charge in [0.15, 0.2) is 0 Å². The number of aryl methyl sites for hydroxylation is 2. The summed E-state index contributed by atoms with van der Waals surface area (Å²) in [7, 11) is 3.18. The van der Waals surface area contributed by atoms with E-state index in [1.165, 1.54) is 68.6 Å². The van der Waals surface area contributed by atoms with E-state index >= 15 is 0 Å². The SMILES string of the molecule is Cn1cc(C(=O)N2CCc3sccc3C2c2ccccc2)ccc1=O.Cn1cc(C(=O)O)ccc1=O.c1ccc(C2NCCc3sccc32)cc1. The lowest BCUT2D eigenvalue weighted by molar-refractivity contribution is 0.0686. The van der Waals surface area contributed by atoms with Crippen molar-refractivity contribution in [2.24, 2.45) is 14.1 Å². The first-order valence-corrected chi connectivity index (χ1v) is 18.3. The number of rotatable bonds is 4. The van der Waals surface area contributed by atoms with E-state index in [1.807, 2.05) is 34.4 Å². The van der Waals surface area contributed by atoms with Crippen molar-refractivity contribution in [1.29, 1.82) is 0 Å². The second-order valence-corrected chi connectivity index (χ2v) is 14.2. The van der Waals surface area contributed by atoms with Crippen LogP contribution in [0.25, 0.3) is 0 Å². The van der Waals surface area contributed by atoms with Gasteiger partial charge in [-0.25, -0.2) is 4.79 Å². The minimum Gasteiger partial charge on any atom is -0.478 e.